The predicted molar refractivity (Wildman–Crippen MR) is 64.6 cm³/mol. The summed E-state index contributed by atoms with van der Waals surface area (Å²) >= 11 is 0. The SMILES string of the molecule is CCC(CCCC(C)NF)N(CC)CC. The van der Waals surface area contributed by atoms with Crippen LogP contribution in [0.1, 0.15) is 53.4 Å². The van der Waals surface area contributed by atoms with Crippen molar-refractivity contribution in [2.24, 2.45) is 0 Å². The summed E-state index contributed by atoms with van der Waals surface area (Å²) in [4.78, 5) is 2.49. The maximum absolute atomic E-state index is 12.0. The van der Waals surface area contributed by atoms with Crippen molar-refractivity contribution in [2.75, 3.05) is 13.1 Å². The average Bonchev–Trinajstić information content (AvgIpc) is 2.27. The van der Waals surface area contributed by atoms with E-state index in [0.29, 0.717) is 6.04 Å². The second kappa shape index (κ2) is 9.10. The lowest BCUT2D eigenvalue weighted by atomic mass is 10.0. The van der Waals surface area contributed by atoms with Crippen LogP contribution in [0.25, 0.3) is 0 Å². The van der Waals surface area contributed by atoms with Crippen LogP contribution in [0, 0.1) is 0 Å². The smallest absolute Gasteiger partial charge is 0.0343 e. The van der Waals surface area contributed by atoms with Gasteiger partial charge in [0, 0.05) is 12.1 Å². The number of nitrogens with zero attached hydrogens (tertiary/aromatic N) is 1. The van der Waals surface area contributed by atoms with Gasteiger partial charge in [-0.2, -0.15) is 5.54 Å². The molecule has 0 bridgehead atoms. The van der Waals surface area contributed by atoms with E-state index in [0.717, 1.165) is 25.9 Å². The Balaban J connectivity index is 3.78. The van der Waals surface area contributed by atoms with E-state index in [1.54, 1.807) is 5.54 Å². The predicted octanol–water partition coefficient (Wildman–Crippen LogP) is 3.14. The van der Waals surface area contributed by atoms with Crippen LogP contribution in [0.5, 0.6) is 0 Å². The zero-order valence-corrected chi connectivity index (χ0v) is 10.7. The van der Waals surface area contributed by atoms with Gasteiger partial charge in [-0.25, -0.2) is 0 Å². The molecule has 0 aliphatic carbocycles. The summed E-state index contributed by atoms with van der Waals surface area (Å²) in [5, 5.41) is 0. The molecule has 0 amide bonds. The lowest BCUT2D eigenvalue weighted by Crippen LogP contribution is -2.34. The molecule has 2 nitrogen and oxygen atoms in total. The number of rotatable bonds is 9. The van der Waals surface area contributed by atoms with Crippen LogP contribution in [-0.2, 0) is 0 Å². The lowest BCUT2D eigenvalue weighted by Gasteiger charge is -2.29. The first kappa shape index (κ1) is 14.8. The fourth-order valence-corrected chi connectivity index (χ4v) is 2.10. The van der Waals surface area contributed by atoms with Gasteiger partial charge in [-0.05, 0) is 39.3 Å². The maximum atomic E-state index is 12.0. The topological polar surface area (TPSA) is 15.3 Å². The van der Waals surface area contributed by atoms with Crippen molar-refractivity contribution in [3.8, 4) is 0 Å². The Hall–Kier alpha value is -0.150. The van der Waals surface area contributed by atoms with Crippen LogP contribution < -0.4 is 5.54 Å². The monoisotopic (exact) mass is 218 g/mol. The van der Waals surface area contributed by atoms with E-state index in [4.69, 9.17) is 0 Å². The third-order valence-electron chi connectivity index (χ3n) is 3.16. The molecule has 0 aromatic rings. The number of hydrogen-bond acceptors (Lipinski definition) is 2. The number of halogens is 1. The fourth-order valence-electron chi connectivity index (χ4n) is 2.10. The molecular formula is C12H27FN2. The fraction of sp³-hybridized carbons (Fsp3) is 1.00. The van der Waals surface area contributed by atoms with E-state index in [2.05, 4.69) is 25.7 Å². The molecule has 0 aromatic carbocycles. The highest BCUT2D eigenvalue weighted by atomic mass is 19.2. The second-order valence-corrected chi connectivity index (χ2v) is 4.22. The summed E-state index contributed by atoms with van der Waals surface area (Å²) in [6, 6.07) is 0.672. The number of nitrogens with one attached hydrogen (secondary N) is 1. The van der Waals surface area contributed by atoms with E-state index in [-0.39, 0.29) is 6.04 Å². The molecule has 0 aromatic heterocycles. The molecule has 0 spiro atoms. The van der Waals surface area contributed by atoms with Gasteiger partial charge in [0.2, 0.25) is 0 Å². The minimum absolute atomic E-state index is 0.000732. The van der Waals surface area contributed by atoms with E-state index < -0.39 is 0 Å². The van der Waals surface area contributed by atoms with Crippen molar-refractivity contribution >= 4 is 0 Å². The van der Waals surface area contributed by atoms with Gasteiger partial charge in [-0.1, -0.05) is 27.2 Å². The largest absolute Gasteiger partial charge is 0.301 e. The van der Waals surface area contributed by atoms with Gasteiger partial charge in [-0.15, -0.1) is 4.48 Å². The van der Waals surface area contributed by atoms with E-state index in [1.165, 1.54) is 12.8 Å². The third-order valence-corrected chi connectivity index (χ3v) is 3.16. The standard InChI is InChI=1S/C12H27FN2/c1-5-12(15(6-2)7-3)10-8-9-11(4)14-13/h11-12,14H,5-10H2,1-4H3. The van der Waals surface area contributed by atoms with Crippen molar-refractivity contribution in [2.45, 2.75) is 65.5 Å². The van der Waals surface area contributed by atoms with Crippen LogP contribution in [0.4, 0.5) is 4.48 Å². The zero-order valence-electron chi connectivity index (χ0n) is 10.7. The summed E-state index contributed by atoms with van der Waals surface area (Å²) in [5.41, 5.74) is 1.80. The molecule has 92 valence electrons. The quantitative estimate of drug-likeness (QED) is 0.598. The Kier molecular flexibility index (Phi) is 9.01. The highest BCUT2D eigenvalue weighted by molar-refractivity contribution is 4.69. The normalized spacial score (nSPS) is 15.6. The Bertz CT molecular complexity index is 138. The molecule has 2 unspecified atom stereocenters. The summed E-state index contributed by atoms with van der Waals surface area (Å²) in [6.07, 6.45) is 4.41. The third kappa shape index (κ3) is 6.10. The molecule has 0 fully saturated rings. The molecule has 0 radical (unpaired) electrons. The van der Waals surface area contributed by atoms with Gasteiger partial charge in [0.25, 0.3) is 0 Å². The minimum atomic E-state index is -0.000732. The van der Waals surface area contributed by atoms with E-state index in [9.17, 15) is 4.48 Å². The summed E-state index contributed by atoms with van der Waals surface area (Å²) < 4.78 is 12.0. The van der Waals surface area contributed by atoms with Crippen molar-refractivity contribution in [1.29, 1.82) is 0 Å². The summed E-state index contributed by atoms with van der Waals surface area (Å²) in [7, 11) is 0. The molecule has 15 heavy (non-hydrogen) atoms. The second-order valence-electron chi connectivity index (χ2n) is 4.22. The first-order valence-electron chi connectivity index (χ1n) is 6.29. The van der Waals surface area contributed by atoms with Gasteiger partial charge < -0.3 is 4.90 Å². The minimum Gasteiger partial charge on any atom is -0.301 e. The van der Waals surface area contributed by atoms with Gasteiger partial charge in [0.15, 0.2) is 0 Å². The molecule has 0 saturated carbocycles. The maximum Gasteiger partial charge on any atom is 0.0343 e. The Morgan fingerprint density at radius 2 is 1.73 bits per heavy atom. The summed E-state index contributed by atoms with van der Waals surface area (Å²) in [6.45, 7) is 10.8. The van der Waals surface area contributed by atoms with E-state index >= 15 is 0 Å². The van der Waals surface area contributed by atoms with Crippen LogP contribution in [0.3, 0.4) is 0 Å². The van der Waals surface area contributed by atoms with E-state index in [1.807, 2.05) is 6.92 Å². The van der Waals surface area contributed by atoms with Gasteiger partial charge in [-0.3, -0.25) is 0 Å². The lowest BCUT2D eigenvalue weighted by molar-refractivity contribution is 0.191. The summed E-state index contributed by atoms with van der Waals surface area (Å²) in [5.74, 6) is 0. The first-order valence-corrected chi connectivity index (χ1v) is 6.29. The zero-order chi connectivity index (χ0) is 11.7. The van der Waals surface area contributed by atoms with Gasteiger partial charge in [0.1, 0.15) is 0 Å². The molecular weight excluding hydrogens is 191 g/mol. The van der Waals surface area contributed by atoms with Crippen molar-refractivity contribution < 1.29 is 4.48 Å². The molecule has 2 atom stereocenters. The highest BCUT2D eigenvalue weighted by Gasteiger charge is 2.13. The molecule has 0 aliphatic rings. The van der Waals surface area contributed by atoms with Gasteiger partial charge in [0.05, 0.1) is 0 Å². The van der Waals surface area contributed by atoms with Crippen LogP contribution in [-0.4, -0.2) is 30.1 Å². The van der Waals surface area contributed by atoms with Crippen LogP contribution in [0.2, 0.25) is 0 Å². The molecule has 0 rings (SSSR count). The Morgan fingerprint density at radius 1 is 1.13 bits per heavy atom. The van der Waals surface area contributed by atoms with Crippen molar-refractivity contribution in [3.63, 3.8) is 0 Å². The Morgan fingerprint density at radius 3 is 2.13 bits per heavy atom. The average molecular weight is 218 g/mol. The molecule has 0 saturated heterocycles. The van der Waals surface area contributed by atoms with Crippen LogP contribution in [0.15, 0.2) is 0 Å². The highest BCUT2D eigenvalue weighted by Crippen LogP contribution is 2.13. The van der Waals surface area contributed by atoms with Crippen molar-refractivity contribution in [1.82, 2.24) is 10.4 Å². The molecule has 0 heterocycles. The number of hydrogen-bond donors (Lipinski definition) is 1. The molecule has 0 aliphatic heterocycles. The molecule has 3 heteroatoms. The van der Waals surface area contributed by atoms with Crippen LogP contribution >= 0.6 is 0 Å². The van der Waals surface area contributed by atoms with Gasteiger partial charge >= 0.3 is 0 Å². The first-order chi connectivity index (χ1) is 7.19. The van der Waals surface area contributed by atoms with Crippen molar-refractivity contribution in [3.05, 3.63) is 0 Å². The Labute approximate surface area is 94.2 Å². The molecule has 1 N–H and O–H groups in total.